The van der Waals surface area contributed by atoms with E-state index < -0.39 is 10.0 Å². The summed E-state index contributed by atoms with van der Waals surface area (Å²) in [5, 5.41) is 3.78. The molecule has 10 heteroatoms. The molecule has 0 amide bonds. The summed E-state index contributed by atoms with van der Waals surface area (Å²) in [5.74, 6) is 0.888. The van der Waals surface area contributed by atoms with Crippen LogP contribution in [-0.2, 0) is 16.6 Å². The zero-order valence-electron chi connectivity index (χ0n) is 17.3. The molecule has 2 aliphatic rings. The van der Waals surface area contributed by atoms with E-state index in [1.165, 1.54) is 12.1 Å². The van der Waals surface area contributed by atoms with E-state index in [0.29, 0.717) is 49.0 Å². The highest BCUT2D eigenvalue weighted by atomic mass is 32.2. The van der Waals surface area contributed by atoms with Gasteiger partial charge in [0.05, 0.1) is 27.9 Å². The number of anilines is 1. The fraction of sp³-hybridized carbons (Fsp3) is 0.318. The van der Waals surface area contributed by atoms with Gasteiger partial charge in [0, 0.05) is 39.3 Å². The van der Waals surface area contributed by atoms with Gasteiger partial charge in [-0.05, 0) is 30.3 Å². The minimum Gasteiger partial charge on any atom is -0.488 e. The van der Waals surface area contributed by atoms with Crippen LogP contribution in [0.5, 0.6) is 5.75 Å². The van der Waals surface area contributed by atoms with Crippen molar-refractivity contribution in [2.24, 2.45) is 0 Å². The normalized spacial score (nSPS) is 16.3. The molecule has 3 heterocycles. The molecule has 0 bridgehead atoms. The van der Waals surface area contributed by atoms with Crippen LogP contribution in [-0.4, -0.2) is 57.7 Å². The lowest BCUT2D eigenvalue weighted by Crippen LogP contribution is -2.48. The van der Waals surface area contributed by atoms with Crippen molar-refractivity contribution >= 4 is 15.7 Å². The minimum atomic E-state index is -3.69. The Morgan fingerprint density at radius 3 is 2.72 bits per heavy atom. The molecule has 32 heavy (non-hydrogen) atoms. The number of sulfonamides is 1. The van der Waals surface area contributed by atoms with Crippen LogP contribution in [0.25, 0.3) is 11.3 Å². The molecule has 0 radical (unpaired) electrons. The number of hydrogen-bond donors (Lipinski definition) is 1. The second-order valence-corrected chi connectivity index (χ2v) is 9.57. The van der Waals surface area contributed by atoms with E-state index in [1.807, 2.05) is 11.0 Å². The first kappa shape index (κ1) is 20.9. The van der Waals surface area contributed by atoms with Crippen molar-refractivity contribution in [1.82, 2.24) is 14.8 Å². The van der Waals surface area contributed by atoms with E-state index in [1.54, 1.807) is 30.5 Å². The Hall–Kier alpha value is -2.95. The molecule has 0 saturated carbocycles. The highest BCUT2D eigenvalue weighted by Gasteiger charge is 2.25. The molecule has 1 aromatic heterocycles. The van der Waals surface area contributed by atoms with Crippen molar-refractivity contribution < 1.29 is 22.1 Å². The second kappa shape index (κ2) is 8.53. The maximum absolute atomic E-state index is 14.0. The summed E-state index contributed by atoms with van der Waals surface area (Å²) in [5.41, 5.74) is 1.98. The number of nitrogens with one attached hydrogen (secondary N) is 1. The number of halogens is 1. The first-order valence-electron chi connectivity index (χ1n) is 10.4. The molecule has 2 aliphatic heterocycles. The molecular weight excluding hydrogens is 435 g/mol. The molecule has 1 N–H and O–H groups in total. The first-order chi connectivity index (χ1) is 15.5. The molecule has 0 aliphatic carbocycles. The standard InChI is InChI=1S/C22H23FN4O4S/c23-19-3-1-2-4-20(19)27-11-9-26(10-12-27)8-7-25-32(28,29)17-5-6-21-18(13-17)22-16(15-30-21)14-24-31-22/h1-6,13-14,25H,7-12,15H2. The van der Waals surface area contributed by atoms with Crippen molar-refractivity contribution in [3.05, 3.63) is 60.0 Å². The number of ether oxygens (including phenoxy) is 1. The number of nitrogens with zero attached hydrogens (tertiary/aromatic N) is 3. The van der Waals surface area contributed by atoms with Gasteiger partial charge in [-0.1, -0.05) is 17.3 Å². The van der Waals surface area contributed by atoms with E-state index >= 15 is 0 Å². The maximum Gasteiger partial charge on any atom is 0.240 e. The van der Waals surface area contributed by atoms with Crippen LogP contribution in [0, 0.1) is 5.82 Å². The van der Waals surface area contributed by atoms with Crippen LogP contribution in [0.1, 0.15) is 5.56 Å². The number of hydrogen-bond acceptors (Lipinski definition) is 7. The lowest BCUT2D eigenvalue weighted by molar-refractivity contribution is 0.261. The maximum atomic E-state index is 14.0. The number of fused-ring (bicyclic) bond motifs is 3. The fourth-order valence-electron chi connectivity index (χ4n) is 4.06. The summed E-state index contributed by atoms with van der Waals surface area (Å²) in [6.45, 7) is 4.06. The molecule has 5 rings (SSSR count). The first-order valence-corrected chi connectivity index (χ1v) is 11.9. The second-order valence-electron chi connectivity index (χ2n) is 7.80. The molecule has 0 spiro atoms. The summed E-state index contributed by atoms with van der Waals surface area (Å²) >= 11 is 0. The van der Waals surface area contributed by atoms with Gasteiger partial charge in [0.1, 0.15) is 18.2 Å². The molecular formula is C22H23FN4O4S. The van der Waals surface area contributed by atoms with Crippen molar-refractivity contribution in [3.63, 3.8) is 0 Å². The number of piperazine rings is 1. The fourth-order valence-corrected chi connectivity index (χ4v) is 5.11. The summed E-state index contributed by atoms with van der Waals surface area (Å²) in [6.07, 6.45) is 1.57. The van der Waals surface area contributed by atoms with E-state index in [-0.39, 0.29) is 17.3 Å². The molecule has 0 atom stereocenters. The highest BCUT2D eigenvalue weighted by molar-refractivity contribution is 7.89. The Morgan fingerprint density at radius 2 is 1.91 bits per heavy atom. The lowest BCUT2D eigenvalue weighted by atomic mass is 10.1. The van der Waals surface area contributed by atoms with E-state index in [4.69, 9.17) is 9.26 Å². The third kappa shape index (κ3) is 4.08. The van der Waals surface area contributed by atoms with Crippen molar-refractivity contribution in [3.8, 4) is 17.1 Å². The van der Waals surface area contributed by atoms with Gasteiger partial charge in [-0.3, -0.25) is 4.90 Å². The number of para-hydroxylation sites is 1. The summed E-state index contributed by atoms with van der Waals surface area (Å²) < 4.78 is 53.2. The largest absolute Gasteiger partial charge is 0.488 e. The SMILES string of the molecule is O=S(=O)(NCCN1CCN(c2ccccc2F)CC1)c1ccc2c(c1)-c1oncc1CO2. The van der Waals surface area contributed by atoms with E-state index in [0.717, 1.165) is 18.7 Å². The van der Waals surface area contributed by atoms with Crippen molar-refractivity contribution in [2.75, 3.05) is 44.2 Å². The summed E-state index contributed by atoms with van der Waals surface area (Å²) in [7, 11) is -3.69. The number of rotatable bonds is 6. The number of aromatic nitrogens is 1. The van der Waals surface area contributed by atoms with Gasteiger partial charge >= 0.3 is 0 Å². The van der Waals surface area contributed by atoms with Gasteiger partial charge in [-0.2, -0.15) is 0 Å². The van der Waals surface area contributed by atoms with Gasteiger partial charge in [-0.15, -0.1) is 0 Å². The van der Waals surface area contributed by atoms with Crippen molar-refractivity contribution in [1.29, 1.82) is 0 Å². The van der Waals surface area contributed by atoms with Gasteiger partial charge in [-0.25, -0.2) is 17.5 Å². The zero-order chi connectivity index (χ0) is 22.1. The Labute approximate surface area is 185 Å². The van der Waals surface area contributed by atoms with Gasteiger partial charge in [0.2, 0.25) is 10.0 Å². The van der Waals surface area contributed by atoms with E-state index in [9.17, 15) is 12.8 Å². The third-order valence-corrected chi connectivity index (χ3v) is 7.28. The minimum absolute atomic E-state index is 0.147. The average molecular weight is 459 g/mol. The average Bonchev–Trinajstić information content (AvgIpc) is 3.29. The van der Waals surface area contributed by atoms with Crippen LogP contribution >= 0.6 is 0 Å². The summed E-state index contributed by atoms with van der Waals surface area (Å²) in [4.78, 5) is 4.33. The Balaban J connectivity index is 1.18. The number of benzene rings is 2. The van der Waals surface area contributed by atoms with Gasteiger partial charge < -0.3 is 14.2 Å². The smallest absolute Gasteiger partial charge is 0.240 e. The Bertz CT molecular complexity index is 1220. The molecule has 1 saturated heterocycles. The van der Waals surface area contributed by atoms with Crippen LogP contribution in [0.15, 0.2) is 58.1 Å². The molecule has 168 valence electrons. The molecule has 8 nitrogen and oxygen atoms in total. The third-order valence-electron chi connectivity index (χ3n) is 5.82. The predicted molar refractivity (Wildman–Crippen MR) is 117 cm³/mol. The Kier molecular flexibility index (Phi) is 5.58. The topological polar surface area (TPSA) is 87.9 Å². The Morgan fingerprint density at radius 1 is 1.09 bits per heavy atom. The highest BCUT2D eigenvalue weighted by Crippen LogP contribution is 2.38. The van der Waals surface area contributed by atoms with Crippen LogP contribution < -0.4 is 14.4 Å². The van der Waals surface area contributed by atoms with Crippen LogP contribution in [0.2, 0.25) is 0 Å². The monoisotopic (exact) mass is 458 g/mol. The zero-order valence-corrected chi connectivity index (χ0v) is 18.1. The molecule has 3 aromatic rings. The van der Waals surface area contributed by atoms with Gasteiger partial charge in [0.25, 0.3) is 0 Å². The predicted octanol–water partition coefficient (Wildman–Crippen LogP) is 2.47. The van der Waals surface area contributed by atoms with Crippen molar-refractivity contribution in [2.45, 2.75) is 11.5 Å². The van der Waals surface area contributed by atoms with E-state index in [2.05, 4.69) is 14.8 Å². The summed E-state index contributed by atoms with van der Waals surface area (Å²) in [6, 6.07) is 11.5. The van der Waals surface area contributed by atoms with Gasteiger partial charge in [0.15, 0.2) is 5.76 Å². The molecule has 0 unspecified atom stereocenters. The van der Waals surface area contributed by atoms with Crippen LogP contribution in [0.3, 0.4) is 0 Å². The quantitative estimate of drug-likeness (QED) is 0.607. The molecule has 2 aromatic carbocycles. The van der Waals surface area contributed by atoms with Crippen LogP contribution in [0.4, 0.5) is 10.1 Å². The molecule has 1 fully saturated rings. The lowest BCUT2D eigenvalue weighted by Gasteiger charge is -2.36.